The van der Waals surface area contributed by atoms with E-state index < -0.39 is 11.8 Å². The van der Waals surface area contributed by atoms with Gasteiger partial charge in [0.25, 0.3) is 0 Å². The van der Waals surface area contributed by atoms with Crippen LogP contribution in [0, 0.1) is 0 Å². The van der Waals surface area contributed by atoms with Gasteiger partial charge in [-0.3, -0.25) is 14.4 Å². The van der Waals surface area contributed by atoms with Crippen molar-refractivity contribution in [2.75, 3.05) is 26.2 Å². The van der Waals surface area contributed by atoms with Crippen LogP contribution in [0.4, 0.5) is 0 Å². The molecule has 0 aliphatic heterocycles. The molecule has 0 bridgehead atoms. The van der Waals surface area contributed by atoms with E-state index in [1.54, 1.807) is 4.90 Å². The van der Waals surface area contributed by atoms with Gasteiger partial charge >= 0.3 is 11.8 Å². The van der Waals surface area contributed by atoms with E-state index in [2.05, 4.69) is 10.6 Å². The van der Waals surface area contributed by atoms with Gasteiger partial charge in [0.2, 0.25) is 5.91 Å². The monoisotopic (exact) mass is 257 g/mol. The van der Waals surface area contributed by atoms with Gasteiger partial charge in [-0.05, 0) is 12.8 Å². The molecule has 0 saturated carbocycles. The van der Waals surface area contributed by atoms with Gasteiger partial charge in [-0.25, -0.2) is 0 Å². The highest BCUT2D eigenvalue weighted by Crippen LogP contribution is 1.95. The Labute approximate surface area is 108 Å². The minimum Gasteiger partial charge on any atom is -0.355 e. The summed E-state index contributed by atoms with van der Waals surface area (Å²) in [5.74, 6) is -1.27. The lowest BCUT2D eigenvalue weighted by atomic mass is 10.3. The van der Waals surface area contributed by atoms with Gasteiger partial charge in [0.05, 0.1) is 0 Å². The van der Waals surface area contributed by atoms with Gasteiger partial charge in [-0.2, -0.15) is 0 Å². The van der Waals surface area contributed by atoms with Crippen LogP contribution in [0.3, 0.4) is 0 Å². The molecule has 6 heteroatoms. The zero-order valence-electron chi connectivity index (χ0n) is 11.4. The van der Waals surface area contributed by atoms with Crippen molar-refractivity contribution in [3.63, 3.8) is 0 Å². The number of hydrogen-bond donors (Lipinski definition) is 2. The Bertz CT molecular complexity index is 286. The van der Waals surface area contributed by atoms with Crippen molar-refractivity contribution in [1.29, 1.82) is 0 Å². The molecule has 0 atom stereocenters. The van der Waals surface area contributed by atoms with Gasteiger partial charge in [-0.15, -0.1) is 0 Å². The average molecular weight is 257 g/mol. The molecule has 0 aliphatic carbocycles. The van der Waals surface area contributed by atoms with E-state index in [-0.39, 0.29) is 12.5 Å². The van der Waals surface area contributed by atoms with Crippen molar-refractivity contribution < 1.29 is 14.4 Å². The average Bonchev–Trinajstić information content (AvgIpc) is 2.33. The Balaban J connectivity index is 4.05. The SMILES string of the molecule is CCCN(CCC)C(=O)C(=O)NCCNC(C)=O. The predicted octanol–water partition coefficient (Wildman–Crippen LogP) is -0.113. The fourth-order valence-corrected chi connectivity index (χ4v) is 1.49. The van der Waals surface area contributed by atoms with E-state index in [0.717, 1.165) is 12.8 Å². The fraction of sp³-hybridized carbons (Fsp3) is 0.750. The molecule has 0 aromatic carbocycles. The van der Waals surface area contributed by atoms with E-state index in [9.17, 15) is 14.4 Å². The quantitative estimate of drug-likeness (QED) is 0.493. The minimum absolute atomic E-state index is 0.158. The molecule has 0 aliphatic rings. The largest absolute Gasteiger partial charge is 0.355 e. The molecule has 3 amide bonds. The normalized spacial score (nSPS) is 9.72. The first kappa shape index (κ1) is 16.4. The smallest absolute Gasteiger partial charge is 0.311 e. The molecule has 0 spiro atoms. The number of amides is 3. The fourth-order valence-electron chi connectivity index (χ4n) is 1.49. The molecule has 0 fully saturated rings. The molecule has 18 heavy (non-hydrogen) atoms. The summed E-state index contributed by atoms with van der Waals surface area (Å²) in [6.45, 7) is 7.09. The molecule has 0 heterocycles. The highest BCUT2D eigenvalue weighted by molar-refractivity contribution is 6.35. The van der Waals surface area contributed by atoms with E-state index >= 15 is 0 Å². The molecule has 2 N–H and O–H groups in total. The van der Waals surface area contributed by atoms with Crippen LogP contribution < -0.4 is 10.6 Å². The van der Waals surface area contributed by atoms with Crippen LogP contribution >= 0.6 is 0 Å². The lowest BCUT2D eigenvalue weighted by Crippen LogP contribution is -2.45. The van der Waals surface area contributed by atoms with Gasteiger partial charge in [-0.1, -0.05) is 13.8 Å². The molecular formula is C12H23N3O3. The first-order valence-electron chi connectivity index (χ1n) is 6.34. The third-order valence-corrected chi connectivity index (χ3v) is 2.25. The number of carbonyl (C=O) groups is 3. The van der Waals surface area contributed by atoms with Crippen LogP contribution in [-0.4, -0.2) is 48.8 Å². The molecular weight excluding hydrogens is 234 g/mol. The van der Waals surface area contributed by atoms with Crippen LogP contribution in [0.5, 0.6) is 0 Å². The lowest BCUT2D eigenvalue weighted by molar-refractivity contribution is -0.145. The van der Waals surface area contributed by atoms with Crippen molar-refractivity contribution in [3.05, 3.63) is 0 Å². The van der Waals surface area contributed by atoms with E-state index in [4.69, 9.17) is 0 Å². The molecule has 0 rings (SSSR count). The second kappa shape index (κ2) is 9.44. The predicted molar refractivity (Wildman–Crippen MR) is 68.9 cm³/mol. The Kier molecular flexibility index (Phi) is 8.61. The Hall–Kier alpha value is -1.59. The van der Waals surface area contributed by atoms with Gasteiger partial charge < -0.3 is 15.5 Å². The maximum atomic E-state index is 11.8. The molecule has 0 radical (unpaired) electrons. The van der Waals surface area contributed by atoms with Crippen LogP contribution in [0.25, 0.3) is 0 Å². The van der Waals surface area contributed by atoms with Crippen molar-refractivity contribution >= 4 is 17.7 Å². The van der Waals surface area contributed by atoms with Crippen molar-refractivity contribution in [2.24, 2.45) is 0 Å². The highest BCUT2D eigenvalue weighted by Gasteiger charge is 2.19. The molecule has 6 nitrogen and oxygen atoms in total. The summed E-state index contributed by atoms with van der Waals surface area (Å²) in [6, 6.07) is 0. The Morgan fingerprint density at radius 3 is 1.89 bits per heavy atom. The zero-order chi connectivity index (χ0) is 14.0. The Morgan fingerprint density at radius 1 is 0.944 bits per heavy atom. The van der Waals surface area contributed by atoms with Crippen LogP contribution in [-0.2, 0) is 14.4 Å². The van der Waals surface area contributed by atoms with E-state index in [1.165, 1.54) is 6.92 Å². The van der Waals surface area contributed by atoms with Crippen LogP contribution in [0.15, 0.2) is 0 Å². The Morgan fingerprint density at radius 2 is 1.44 bits per heavy atom. The lowest BCUT2D eigenvalue weighted by Gasteiger charge is -2.20. The molecule has 0 saturated heterocycles. The van der Waals surface area contributed by atoms with E-state index in [0.29, 0.717) is 19.6 Å². The maximum Gasteiger partial charge on any atom is 0.311 e. The first-order valence-corrected chi connectivity index (χ1v) is 6.34. The summed E-state index contributed by atoms with van der Waals surface area (Å²) in [7, 11) is 0. The number of hydrogen-bond acceptors (Lipinski definition) is 3. The van der Waals surface area contributed by atoms with Crippen molar-refractivity contribution in [1.82, 2.24) is 15.5 Å². The standard InChI is InChI=1S/C12H23N3O3/c1-4-8-15(9-5-2)12(18)11(17)14-7-6-13-10(3)16/h4-9H2,1-3H3,(H,13,16)(H,14,17). The van der Waals surface area contributed by atoms with Crippen LogP contribution in [0.2, 0.25) is 0 Å². The topological polar surface area (TPSA) is 78.5 Å². The van der Waals surface area contributed by atoms with Crippen molar-refractivity contribution in [2.45, 2.75) is 33.6 Å². The number of nitrogens with zero attached hydrogens (tertiary/aromatic N) is 1. The van der Waals surface area contributed by atoms with Crippen molar-refractivity contribution in [3.8, 4) is 0 Å². The van der Waals surface area contributed by atoms with E-state index in [1.807, 2.05) is 13.8 Å². The maximum absolute atomic E-state index is 11.8. The summed E-state index contributed by atoms with van der Waals surface area (Å²) in [5.41, 5.74) is 0. The third kappa shape index (κ3) is 6.88. The highest BCUT2D eigenvalue weighted by atomic mass is 16.2. The summed E-state index contributed by atoms with van der Waals surface area (Å²) >= 11 is 0. The number of rotatable bonds is 7. The summed E-state index contributed by atoms with van der Waals surface area (Å²) < 4.78 is 0. The summed E-state index contributed by atoms with van der Waals surface area (Å²) in [4.78, 5) is 35.5. The minimum atomic E-state index is -0.609. The first-order chi connectivity index (χ1) is 8.52. The van der Waals surface area contributed by atoms with Gasteiger partial charge in [0, 0.05) is 33.1 Å². The molecule has 104 valence electrons. The number of nitrogens with one attached hydrogen (secondary N) is 2. The molecule has 0 aromatic heterocycles. The summed E-state index contributed by atoms with van der Waals surface area (Å²) in [6.07, 6.45) is 1.65. The number of carbonyl (C=O) groups excluding carboxylic acids is 3. The second-order valence-corrected chi connectivity index (χ2v) is 4.03. The zero-order valence-corrected chi connectivity index (χ0v) is 11.4. The molecule has 0 unspecified atom stereocenters. The summed E-state index contributed by atoms with van der Waals surface area (Å²) in [5, 5.41) is 5.03. The van der Waals surface area contributed by atoms with Crippen LogP contribution in [0.1, 0.15) is 33.6 Å². The third-order valence-electron chi connectivity index (χ3n) is 2.25. The van der Waals surface area contributed by atoms with Gasteiger partial charge in [0.15, 0.2) is 0 Å². The van der Waals surface area contributed by atoms with Gasteiger partial charge in [0.1, 0.15) is 0 Å². The second-order valence-electron chi connectivity index (χ2n) is 4.03. The molecule has 0 aromatic rings.